The van der Waals surface area contributed by atoms with E-state index in [2.05, 4.69) is 4.98 Å². The van der Waals surface area contributed by atoms with Crippen molar-refractivity contribution in [3.05, 3.63) is 23.9 Å². The summed E-state index contributed by atoms with van der Waals surface area (Å²) in [4.78, 5) is 25.5. The minimum atomic E-state index is -1.00. The zero-order valence-electron chi connectivity index (χ0n) is 9.94. The number of ketones is 1. The summed E-state index contributed by atoms with van der Waals surface area (Å²) in [7, 11) is 3.01. The summed E-state index contributed by atoms with van der Waals surface area (Å²) in [5.74, 6) is -0.709. The van der Waals surface area contributed by atoms with Gasteiger partial charge in [0, 0.05) is 17.6 Å². The fourth-order valence-corrected chi connectivity index (χ4v) is 1.77. The first-order valence-corrected chi connectivity index (χ1v) is 5.15. The second kappa shape index (κ2) is 4.40. The lowest BCUT2D eigenvalue weighted by Crippen LogP contribution is -2.22. The van der Waals surface area contributed by atoms with Crippen molar-refractivity contribution in [2.24, 2.45) is 5.73 Å². The summed E-state index contributed by atoms with van der Waals surface area (Å²) in [5, 5.41) is 0.537. The van der Waals surface area contributed by atoms with Gasteiger partial charge in [-0.3, -0.25) is 9.59 Å². The van der Waals surface area contributed by atoms with Crippen LogP contribution in [0.25, 0.3) is 10.9 Å². The molecular weight excluding hydrogens is 236 g/mol. The van der Waals surface area contributed by atoms with E-state index in [1.807, 2.05) is 0 Å². The molecule has 1 aromatic heterocycles. The van der Waals surface area contributed by atoms with E-state index >= 15 is 0 Å². The van der Waals surface area contributed by atoms with Crippen LogP contribution in [0.2, 0.25) is 0 Å². The molecule has 2 aromatic rings. The Bertz CT molecular complexity index is 630. The molecule has 0 saturated carbocycles. The lowest BCUT2D eigenvalue weighted by atomic mass is 10.1. The number of ether oxygens (including phenoxy) is 2. The molecular formula is C12H12N2O4. The third-order valence-corrected chi connectivity index (χ3v) is 2.65. The molecule has 1 amide bonds. The van der Waals surface area contributed by atoms with Crippen molar-refractivity contribution in [2.45, 2.75) is 0 Å². The Morgan fingerprint density at radius 1 is 1.22 bits per heavy atom. The number of H-pyrrole nitrogens is 1. The maximum absolute atomic E-state index is 11.6. The maximum Gasteiger partial charge on any atom is 0.289 e. The third-order valence-electron chi connectivity index (χ3n) is 2.65. The number of aromatic amines is 1. The van der Waals surface area contributed by atoms with Crippen LogP contribution in [0.4, 0.5) is 0 Å². The summed E-state index contributed by atoms with van der Waals surface area (Å²) < 4.78 is 10.3. The van der Waals surface area contributed by atoms with Crippen molar-refractivity contribution in [1.29, 1.82) is 0 Å². The Morgan fingerprint density at radius 2 is 1.94 bits per heavy atom. The van der Waals surface area contributed by atoms with Gasteiger partial charge in [-0.15, -0.1) is 0 Å². The number of Topliss-reactive ketones (excluding diaryl/α,β-unsaturated/α-hetero) is 1. The summed E-state index contributed by atoms with van der Waals surface area (Å²) in [5.41, 5.74) is 5.81. The molecule has 0 bridgehead atoms. The molecule has 3 N–H and O–H groups in total. The monoisotopic (exact) mass is 248 g/mol. The van der Waals surface area contributed by atoms with Crippen LogP contribution in [-0.2, 0) is 4.79 Å². The molecule has 0 aliphatic heterocycles. The lowest BCUT2D eigenvalue weighted by Gasteiger charge is -2.06. The van der Waals surface area contributed by atoms with Gasteiger partial charge in [0.1, 0.15) is 11.5 Å². The molecule has 0 aliphatic carbocycles. The van der Waals surface area contributed by atoms with E-state index in [4.69, 9.17) is 15.2 Å². The molecule has 0 atom stereocenters. The summed E-state index contributed by atoms with van der Waals surface area (Å²) in [6.07, 6.45) is 1.43. The highest BCUT2D eigenvalue weighted by Gasteiger charge is 2.19. The van der Waals surface area contributed by atoms with Crippen molar-refractivity contribution in [3.8, 4) is 11.5 Å². The molecule has 0 spiro atoms. The van der Waals surface area contributed by atoms with Crippen molar-refractivity contribution < 1.29 is 19.1 Å². The Morgan fingerprint density at radius 3 is 2.50 bits per heavy atom. The van der Waals surface area contributed by atoms with Gasteiger partial charge in [0.15, 0.2) is 0 Å². The smallest absolute Gasteiger partial charge is 0.289 e. The van der Waals surface area contributed by atoms with Crippen LogP contribution in [0.15, 0.2) is 18.3 Å². The topological polar surface area (TPSA) is 94.4 Å². The second-order valence-corrected chi connectivity index (χ2v) is 3.65. The van der Waals surface area contributed by atoms with Gasteiger partial charge in [-0.2, -0.15) is 0 Å². The predicted octanol–water partition coefficient (Wildman–Crippen LogP) is 0.853. The molecule has 0 fully saturated rings. The second-order valence-electron chi connectivity index (χ2n) is 3.65. The fraction of sp³-hybridized carbons (Fsp3) is 0.167. The van der Waals surface area contributed by atoms with Gasteiger partial charge in [0.25, 0.3) is 11.7 Å². The zero-order chi connectivity index (χ0) is 13.3. The minimum Gasteiger partial charge on any atom is -0.497 e. The molecule has 0 radical (unpaired) electrons. The summed E-state index contributed by atoms with van der Waals surface area (Å²) in [6, 6.07) is 3.32. The van der Waals surface area contributed by atoms with Gasteiger partial charge in [0.2, 0.25) is 0 Å². The minimum absolute atomic E-state index is 0.203. The van der Waals surface area contributed by atoms with E-state index in [1.54, 1.807) is 12.1 Å². The number of methoxy groups -OCH3 is 2. The average molecular weight is 248 g/mol. The van der Waals surface area contributed by atoms with Crippen molar-refractivity contribution >= 4 is 22.6 Å². The van der Waals surface area contributed by atoms with Crippen molar-refractivity contribution in [3.63, 3.8) is 0 Å². The number of amides is 1. The van der Waals surface area contributed by atoms with E-state index < -0.39 is 11.7 Å². The third kappa shape index (κ3) is 1.77. The van der Waals surface area contributed by atoms with E-state index in [1.165, 1.54) is 20.4 Å². The quantitative estimate of drug-likeness (QED) is 0.619. The highest BCUT2D eigenvalue weighted by atomic mass is 16.5. The van der Waals surface area contributed by atoms with Gasteiger partial charge in [-0.05, 0) is 6.07 Å². The first kappa shape index (κ1) is 12.0. The molecule has 0 unspecified atom stereocenters. The summed E-state index contributed by atoms with van der Waals surface area (Å²) in [6.45, 7) is 0. The highest BCUT2D eigenvalue weighted by molar-refractivity contribution is 6.44. The molecule has 6 nitrogen and oxygen atoms in total. The number of hydrogen-bond acceptors (Lipinski definition) is 4. The van der Waals surface area contributed by atoms with Gasteiger partial charge in [0.05, 0.1) is 25.3 Å². The predicted molar refractivity (Wildman–Crippen MR) is 64.9 cm³/mol. The van der Waals surface area contributed by atoms with Crippen molar-refractivity contribution in [1.82, 2.24) is 4.98 Å². The number of carbonyl (C=O) groups excluding carboxylic acids is 2. The number of hydrogen-bond donors (Lipinski definition) is 2. The van der Waals surface area contributed by atoms with E-state index in [0.29, 0.717) is 22.4 Å². The van der Waals surface area contributed by atoms with E-state index in [-0.39, 0.29) is 5.56 Å². The largest absolute Gasteiger partial charge is 0.497 e. The average Bonchev–Trinajstić information content (AvgIpc) is 2.79. The number of benzene rings is 1. The van der Waals surface area contributed by atoms with E-state index in [9.17, 15) is 9.59 Å². The van der Waals surface area contributed by atoms with Crippen LogP contribution in [-0.4, -0.2) is 30.9 Å². The highest BCUT2D eigenvalue weighted by Crippen LogP contribution is 2.32. The molecule has 18 heavy (non-hydrogen) atoms. The first-order chi connectivity index (χ1) is 8.58. The fourth-order valence-electron chi connectivity index (χ4n) is 1.77. The van der Waals surface area contributed by atoms with Crippen molar-refractivity contribution in [2.75, 3.05) is 14.2 Å². The molecule has 0 saturated heterocycles. The molecule has 1 heterocycles. The maximum atomic E-state index is 11.6. The molecule has 0 aliphatic rings. The first-order valence-electron chi connectivity index (χ1n) is 5.15. The molecule has 1 aromatic carbocycles. The van der Waals surface area contributed by atoms with Crippen LogP contribution >= 0.6 is 0 Å². The Balaban J connectivity index is 2.71. The van der Waals surface area contributed by atoms with Crippen LogP contribution in [0.3, 0.4) is 0 Å². The van der Waals surface area contributed by atoms with Crippen LogP contribution in [0.5, 0.6) is 11.5 Å². The Hall–Kier alpha value is -2.50. The number of carbonyl (C=O) groups is 2. The van der Waals surface area contributed by atoms with Gasteiger partial charge >= 0.3 is 0 Å². The molecule has 94 valence electrons. The lowest BCUT2D eigenvalue weighted by molar-refractivity contribution is -0.114. The Kier molecular flexibility index (Phi) is 2.93. The number of primary amides is 1. The van der Waals surface area contributed by atoms with E-state index in [0.717, 1.165) is 0 Å². The number of nitrogens with two attached hydrogens (primary N) is 1. The number of fused-ring (bicyclic) bond motifs is 1. The van der Waals surface area contributed by atoms with Gasteiger partial charge in [-0.1, -0.05) is 0 Å². The normalized spacial score (nSPS) is 10.3. The standard InChI is InChI=1S/C12H12N2O4/c1-17-6-3-7-8(11(15)12(13)16)5-14-10(7)9(4-6)18-2/h3-5,14H,1-2H3,(H2,13,16). The van der Waals surface area contributed by atoms with Crippen LogP contribution < -0.4 is 15.2 Å². The molecule has 6 heteroatoms. The summed E-state index contributed by atoms with van der Waals surface area (Å²) >= 11 is 0. The molecule has 2 rings (SSSR count). The van der Waals surface area contributed by atoms with Gasteiger partial charge in [-0.25, -0.2) is 0 Å². The van der Waals surface area contributed by atoms with Crippen LogP contribution in [0, 0.1) is 0 Å². The SMILES string of the molecule is COc1cc(OC)c2[nH]cc(C(=O)C(N)=O)c2c1. The number of aromatic nitrogens is 1. The van der Waals surface area contributed by atoms with Gasteiger partial charge < -0.3 is 20.2 Å². The van der Waals surface area contributed by atoms with Crippen LogP contribution in [0.1, 0.15) is 10.4 Å². The number of rotatable bonds is 4. The zero-order valence-corrected chi connectivity index (χ0v) is 9.94. The number of nitrogens with one attached hydrogen (secondary N) is 1. The Labute approximate surface area is 103 Å².